The summed E-state index contributed by atoms with van der Waals surface area (Å²) in [6, 6.07) is 32.1. The number of rotatable bonds is 8. The minimum atomic E-state index is -1.10. The molecule has 5 rings (SSSR count). The number of carbonyl (C=O) groups is 3. The van der Waals surface area contributed by atoms with Crippen molar-refractivity contribution in [2.24, 2.45) is 0 Å². The fourth-order valence-electron chi connectivity index (χ4n) is 4.50. The molecular formula is C33H25ClN2O4S. The molecule has 2 amide bonds. The molecule has 0 saturated carbocycles. The number of fused-ring (bicyclic) bond motifs is 1. The van der Waals surface area contributed by atoms with E-state index in [1.54, 1.807) is 54.6 Å². The standard InChI is InChI=1S/C33H25ClN2O4S/c1-20-27(34)14-7-15-28(20)36-32(38)30(22-8-3-2-4-9-22)41-24-18-16-23(17-19-24)35-31(37)25-12-5-10-21-11-6-13-26(29(21)25)33(39)40/h2-19,30H,1H3,(H,35,37)(H,36,38)(H,39,40). The average molecular weight is 581 g/mol. The zero-order valence-corrected chi connectivity index (χ0v) is 23.5. The molecule has 0 saturated heterocycles. The molecule has 5 aromatic carbocycles. The molecule has 0 heterocycles. The van der Waals surface area contributed by atoms with Gasteiger partial charge < -0.3 is 15.7 Å². The van der Waals surface area contributed by atoms with Gasteiger partial charge in [0.2, 0.25) is 5.91 Å². The molecule has 0 aromatic heterocycles. The Kier molecular flexibility index (Phi) is 8.38. The zero-order valence-electron chi connectivity index (χ0n) is 21.9. The smallest absolute Gasteiger partial charge is 0.336 e. The second-order valence-electron chi connectivity index (χ2n) is 9.30. The van der Waals surface area contributed by atoms with Gasteiger partial charge in [0, 0.05) is 32.2 Å². The van der Waals surface area contributed by atoms with E-state index < -0.39 is 17.1 Å². The molecule has 1 atom stereocenters. The van der Waals surface area contributed by atoms with Gasteiger partial charge in [-0.3, -0.25) is 9.59 Å². The lowest BCUT2D eigenvalue weighted by molar-refractivity contribution is -0.115. The van der Waals surface area contributed by atoms with E-state index in [1.165, 1.54) is 17.8 Å². The first-order valence-electron chi connectivity index (χ1n) is 12.8. The van der Waals surface area contributed by atoms with E-state index in [9.17, 15) is 19.5 Å². The summed E-state index contributed by atoms with van der Waals surface area (Å²) in [5, 5.41) is 16.6. The van der Waals surface area contributed by atoms with E-state index in [-0.39, 0.29) is 17.0 Å². The predicted molar refractivity (Wildman–Crippen MR) is 165 cm³/mol. The third kappa shape index (κ3) is 6.27. The molecule has 8 heteroatoms. The second-order valence-corrected chi connectivity index (χ2v) is 10.9. The number of benzene rings is 5. The van der Waals surface area contributed by atoms with Crippen LogP contribution in [0.3, 0.4) is 0 Å². The Balaban J connectivity index is 1.36. The Morgan fingerprint density at radius 3 is 2.10 bits per heavy atom. The monoisotopic (exact) mass is 580 g/mol. The number of amides is 2. The highest BCUT2D eigenvalue weighted by atomic mass is 35.5. The average Bonchev–Trinajstić information content (AvgIpc) is 2.98. The van der Waals surface area contributed by atoms with Crippen LogP contribution in [0.5, 0.6) is 0 Å². The van der Waals surface area contributed by atoms with Crippen molar-refractivity contribution in [2.45, 2.75) is 17.1 Å². The van der Waals surface area contributed by atoms with E-state index in [0.717, 1.165) is 16.0 Å². The molecule has 41 heavy (non-hydrogen) atoms. The zero-order chi connectivity index (χ0) is 28.9. The summed E-state index contributed by atoms with van der Waals surface area (Å²) >= 11 is 7.64. The largest absolute Gasteiger partial charge is 0.478 e. The maximum atomic E-state index is 13.5. The van der Waals surface area contributed by atoms with E-state index in [1.807, 2.05) is 55.5 Å². The van der Waals surface area contributed by atoms with Crippen LogP contribution in [-0.4, -0.2) is 22.9 Å². The van der Waals surface area contributed by atoms with Crippen LogP contribution in [0.25, 0.3) is 10.8 Å². The van der Waals surface area contributed by atoms with Crippen molar-refractivity contribution in [2.75, 3.05) is 10.6 Å². The van der Waals surface area contributed by atoms with Crippen LogP contribution in [0.4, 0.5) is 11.4 Å². The maximum Gasteiger partial charge on any atom is 0.336 e. The van der Waals surface area contributed by atoms with Crippen molar-refractivity contribution >= 4 is 63.3 Å². The molecule has 0 aliphatic rings. The molecule has 204 valence electrons. The Morgan fingerprint density at radius 1 is 0.756 bits per heavy atom. The first-order chi connectivity index (χ1) is 19.8. The van der Waals surface area contributed by atoms with Crippen molar-refractivity contribution in [3.05, 3.63) is 136 Å². The molecule has 0 aliphatic carbocycles. The summed E-state index contributed by atoms with van der Waals surface area (Å²) in [5.41, 5.74) is 3.17. The number of hydrogen-bond acceptors (Lipinski definition) is 4. The molecule has 0 bridgehead atoms. The first-order valence-corrected chi connectivity index (χ1v) is 14.0. The van der Waals surface area contributed by atoms with Crippen molar-refractivity contribution < 1.29 is 19.5 Å². The number of nitrogens with one attached hydrogen (secondary N) is 2. The molecule has 3 N–H and O–H groups in total. The highest BCUT2D eigenvalue weighted by Gasteiger charge is 2.23. The molecule has 0 fully saturated rings. The van der Waals surface area contributed by atoms with Gasteiger partial charge in [0.1, 0.15) is 5.25 Å². The predicted octanol–water partition coefficient (Wildman–Crippen LogP) is 8.22. The van der Waals surface area contributed by atoms with Crippen molar-refractivity contribution in [1.29, 1.82) is 0 Å². The molecule has 0 spiro atoms. The van der Waals surface area contributed by atoms with Crippen LogP contribution in [0.15, 0.2) is 114 Å². The molecular weight excluding hydrogens is 556 g/mol. The van der Waals surface area contributed by atoms with Crippen LogP contribution in [0.2, 0.25) is 5.02 Å². The topological polar surface area (TPSA) is 95.5 Å². The SMILES string of the molecule is Cc1c(Cl)cccc1NC(=O)C(Sc1ccc(NC(=O)c2cccc3cccc(C(=O)O)c23)cc1)c1ccccc1. The Bertz CT molecular complexity index is 1750. The number of halogens is 1. The highest BCUT2D eigenvalue weighted by Crippen LogP contribution is 2.37. The quantitative estimate of drug-likeness (QED) is 0.161. The molecule has 6 nitrogen and oxygen atoms in total. The van der Waals surface area contributed by atoms with Crippen LogP contribution in [0, 0.1) is 6.92 Å². The first kappa shape index (κ1) is 28.0. The van der Waals surface area contributed by atoms with E-state index in [0.29, 0.717) is 27.2 Å². The number of carbonyl (C=O) groups excluding carboxylic acids is 2. The van der Waals surface area contributed by atoms with Crippen LogP contribution in [0.1, 0.15) is 37.1 Å². The van der Waals surface area contributed by atoms with Crippen LogP contribution in [-0.2, 0) is 4.79 Å². The Labute approximate surface area is 246 Å². The summed E-state index contributed by atoms with van der Waals surface area (Å²) in [6.07, 6.45) is 0. The minimum absolute atomic E-state index is 0.0678. The van der Waals surface area contributed by atoms with Crippen LogP contribution >= 0.6 is 23.4 Å². The Hall–Kier alpha value is -4.59. The number of aromatic carboxylic acids is 1. The normalized spacial score (nSPS) is 11.6. The van der Waals surface area contributed by atoms with E-state index in [4.69, 9.17) is 11.6 Å². The number of thioether (sulfide) groups is 1. The van der Waals surface area contributed by atoms with Crippen molar-refractivity contribution in [1.82, 2.24) is 0 Å². The number of hydrogen-bond donors (Lipinski definition) is 3. The van der Waals surface area contributed by atoms with Gasteiger partial charge >= 0.3 is 5.97 Å². The summed E-state index contributed by atoms with van der Waals surface area (Å²) in [4.78, 5) is 39.3. The van der Waals surface area contributed by atoms with Gasteiger partial charge in [-0.05, 0) is 72.0 Å². The van der Waals surface area contributed by atoms with E-state index >= 15 is 0 Å². The van der Waals surface area contributed by atoms with Gasteiger partial charge in [0.25, 0.3) is 5.91 Å². The lowest BCUT2D eigenvalue weighted by Crippen LogP contribution is -2.19. The second kappa shape index (κ2) is 12.3. The van der Waals surface area contributed by atoms with Gasteiger partial charge in [0.05, 0.1) is 5.56 Å². The molecule has 5 aromatic rings. The fourth-order valence-corrected chi connectivity index (χ4v) is 5.70. The summed E-state index contributed by atoms with van der Waals surface area (Å²) in [6.45, 7) is 1.86. The minimum Gasteiger partial charge on any atom is -0.478 e. The van der Waals surface area contributed by atoms with Crippen molar-refractivity contribution in [3.63, 3.8) is 0 Å². The maximum absolute atomic E-state index is 13.5. The summed E-state index contributed by atoms with van der Waals surface area (Å²) < 4.78 is 0. The Morgan fingerprint density at radius 2 is 1.41 bits per heavy atom. The van der Waals surface area contributed by atoms with Gasteiger partial charge in [-0.2, -0.15) is 0 Å². The number of carboxylic acids is 1. The summed E-state index contributed by atoms with van der Waals surface area (Å²) in [7, 11) is 0. The van der Waals surface area contributed by atoms with Gasteiger partial charge in [0.15, 0.2) is 0 Å². The van der Waals surface area contributed by atoms with Gasteiger partial charge in [-0.25, -0.2) is 4.79 Å². The third-order valence-corrected chi connectivity index (χ3v) is 8.29. The lowest BCUT2D eigenvalue weighted by atomic mass is 9.98. The molecule has 0 radical (unpaired) electrons. The molecule has 1 unspecified atom stereocenters. The number of carboxylic acid groups (broad SMARTS) is 1. The fraction of sp³-hybridized carbons (Fsp3) is 0.0606. The number of anilines is 2. The third-order valence-electron chi connectivity index (χ3n) is 6.61. The summed E-state index contributed by atoms with van der Waals surface area (Å²) in [5.74, 6) is -1.70. The lowest BCUT2D eigenvalue weighted by Gasteiger charge is -2.18. The van der Waals surface area contributed by atoms with Crippen LogP contribution < -0.4 is 10.6 Å². The molecule has 0 aliphatic heterocycles. The van der Waals surface area contributed by atoms with E-state index in [2.05, 4.69) is 10.6 Å². The highest BCUT2D eigenvalue weighted by molar-refractivity contribution is 8.00. The van der Waals surface area contributed by atoms with Gasteiger partial charge in [-0.1, -0.05) is 72.3 Å². The van der Waals surface area contributed by atoms with Crippen molar-refractivity contribution in [3.8, 4) is 0 Å². The van der Waals surface area contributed by atoms with Gasteiger partial charge in [-0.15, -0.1) is 11.8 Å².